The van der Waals surface area contributed by atoms with E-state index < -0.39 is 40.8 Å². The van der Waals surface area contributed by atoms with E-state index in [2.05, 4.69) is 4.18 Å². The van der Waals surface area contributed by atoms with Crippen molar-refractivity contribution in [2.45, 2.75) is 30.7 Å². The van der Waals surface area contributed by atoms with Crippen molar-refractivity contribution in [1.82, 2.24) is 0 Å². The highest BCUT2D eigenvalue weighted by molar-refractivity contribution is 7.86. The van der Waals surface area contributed by atoms with Gasteiger partial charge < -0.3 is 19.7 Å². The van der Waals surface area contributed by atoms with Crippen LogP contribution in [-0.4, -0.2) is 62.2 Å². The zero-order chi connectivity index (χ0) is 11.2. The smallest absolute Gasteiger partial charge is 0.264 e. The first-order valence-electron chi connectivity index (χ1n) is 4.40. The quantitative estimate of drug-likeness (QED) is 0.528. The van der Waals surface area contributed by atoms with Gasteiger partial charge in [0.15, 0.2) is 6.29 Å². The van der Waals surface area contributed by atoms with E-state index in [1.165, 1.54) is 0 Å². The van der Waals surface area contributed by atoms with Crippen LogP contribution in [0.2, 0.25) is 0 Å². The molecule has 0 unspecified atom stereocenters. The van der Waals surface area contributed by atoms with Crippen LogP contribution < -0.4 is 0 Å². The summed E-state index contributed by atoms with van der Waals surface area (Å²) in [6, 6.07) is 0. The third kappa shape index (κ3) is 2.14. The molecule has 88 valence electrons. The zero-order valence-corrected chi connectivity index (χ0v) is 8.75. The van der Waals surface area contributed by atoms with Gasteiger partial charge in [-0.05, 0) is 0 Å². The van der Waals surface area contributed by atoms with E-state index in [4.69, 9.17) is 9.47 Å². The van der Waals surface area contributed by atoms with Crippen molar-refractivity contribution in [2.24, 2.45) is 0 Å². The van der Waals surface area contributed by atoms with Crippen molar-refractivity contribution in [3.8, 4) is 0 Å². The second-order valence-corrected chi connectivity index (χ2v) is 5.22. The number of ether oxygens (including phenoxy) is 2. The minimum Gasteiger partial charge on any atom is -0.387 e. The van der Waals surface area contributed by atoms with Gasteiger partial charge in [0.1, 0.15) is 24.4 Å². The van der Waals surface area contributed by atoms with E-state index >= 15 is 0 Å². The van der Waals surface area contributed by atoms with E-state index in [-0.39, 0.29) is 6.61 Å². The Morgan fingerprint density at radius 1 is 1.33 bits per heavy atom. The lowest BCUT2D eigenvalue weighted by Gasteiger charge is -2.34. The number of rotatable bonds is 2. The molecule has 2 saturated heterocycles. The summed E-state index contributed by atoms with van der Waals surface area (Å²) in [7, 11) is -3.74. The first-order chi connectivity index (χ1) is 6.88. The molecule has 0 saturated carbocycles. The van der Waals surface area contributed by atoms with Crippen LogP contribution in [0, 0.1) is 0 Å². The van der Waals surface area contributed by atoms with Gasteiger partial charge in [0.25, 0.3) is 10.1 Å². The van der Waals surface area contributed by atoms with Gasteiger partial charge >= 0.3 is 0 Å². The second-order valence-electron chi connectivity index (χ2n) is 3.62. The van der Waals surface area contributed by atoms with Gasteiger partial charge in [0, 0.05) is 0 Å². The molecule has 0 aromatic rings. The second kappa shape index (κ2) is 3.65. The van der Waals surface area contributed by atoms with E-state index in [9.17, 15) is 18.6 Å². The molecule has 2 bridgehead atoms. The summed E-state index contributed by atoms with van der Waals surface area (Å²) in [5.41, 5.74) is 0. The minimum atomic E-state index is -3.74. The van der Waals surface area contributed by atoms with Crippen molar-refractivity contribution in [2.75, 3.05) is 12.9 Å². The summed E-state index contributed by atoms with van der Waals surface area (Å²) in [4.78, 5) is 0. The number of aliphatic hydroxyl groups is 2. The monoisotopic (exact) mass is 240 g/mol. The standard InChI is InChI=1S/C7H12O7S/c1-15(10,11)14-6-4(8)3-2-12-7(13-3)5(6)9/h3-9H,2H2,1H3/t3-,4+,5-,6+,7-/m1/s1. The van der Waals surface area contributed by atoms with E-state index in [1.807, 2.05) is 0 Å². The van der Waals surface area contributed by atoms with Crippen molar-refractivity contribution in [3.63, 3.8) is 0 Å². The van der Waals surface area contributed by atoms with Gasteiger partial charge in [0.05, 0.1) is 12.9 Å². The van der Waals surface area contributed by atoms with Crippen LogP contribution in [0.5, 0.6) is 0 Å². The van der Waals surface area contributed by atoms with Crippen molar-refractivity contribution in [3.05, 3.63) is 0 Å². The van der Waals surface area contributed by atoms with Crippen molar-refractivity contribution >= 4 is 10.1 Å². The van der Waals surface area contributed by atoms with Gasteiger partial charge in [-0.25, -0.2) is 0 Å². The fourth-order valence-corrected chi connectivity index (χ4v) is 2.31. The molecular weight excluding hydrogens is 228 g/mol. The number of hydrogen-bond acceptors (Lipinski definition) is 7. The van der Waals surface area contributed by atoms with Crippen LogP contribution in [0.1, 0.15) is 0 Å². The predicted molar refractivity (Wildman–Crippen MR) is 46.3 cm³/mol. The largest absolute Gasteiger partial charge is 0.387 e. The van der Waals surface area contributed by atoms with Crippen LogP contribution in [0.25, 0.3) is 0 Å². The summed E-state index contributed by atoms with van der Waals surface area (Å²) < 4.78 is 36.5. The lowest BCUT2D eigenvalue weighted by atomic mass is 10.0. The van der Waals surface area contributed by atoms with Gasteiger partial charge in [-0.1, -0.05) is 0 Å². The molecule has 2 aliphatic heterocycles. The Hall–Kier alpha value is -0.250. The predicted octanol–water partition coefficient (Wildman–Crippen LogP) is -2.19. The Kier molecular flexibility index (Phi) is 2.73. The molecular formula is C7H12O7S. The molecule has 2 heterocycles. The van der Waals surface area contributed by atoms with Crippen LogP contribution in [0.15, 0.2) is 0 Å². The first kappa shape index (κ1) is 11.2. The molecule has 5 atom stereocenters. The number of hydrogen-bond donors (Lipinski definition) is 2. The summed E-state index contributed by atoms with van der Waals surface area (Å²) in [5, 5.41) is 19.2. The normalized spacial score (nSPS) is 45.7. The average Bonchev–Trinajstić information content (AvgIpc) is 2.54. The van der Waals surface area contributed by atoms with E-state index in [0.717, 1.165) is 6.26 Å². The SMILES string of the molecule is CS(=O)(=O)O[C@H]1[C@@H](O)[C@H]2CO[C@H](O2)[C@@H]1O. The molecule has 0 amide bonds. The van der Waals surface area contributed by atoms with Gasteiger partial charge in [0.2, 0.25) is 0 Å². The molecule has 0 aromatic heterocycles. The topological polar surface area (TPSA) is 102 Å². The molecule has 7 nitrogen and oxygen atoms in total. The molecule has 0 spiro atoms. The molecule has 15 heavy (non-hydrogen) atoms. The molecule has 2 fully saturated rings. The van der Waals surface area contributed by atoms with Crippen LogP contribution in [0.3, 0.4) is 0 Å². The minimum absolute atomic E-state index is 0.118. The first-order valence-corrected chi connectivity index (χ1v) is 6.21. The Labute approximate surface area is 86.7 Å². The highest BCUT2D eigenvalue weighted by atomic mass is 32.2. The Balaban J connectivity index is 2.16. The fraction of sp³-hybridized carbons (Fsp3) is 1.00. The molecule has 0 aromatic carbocycles. The van der Waals surface area contributed by atoms with Crippen LogP contribution in [0.4, 0.5) is 0 Å². The van der Waals surface area contributed by atoms with E-state index in [0.29, 0.717) is 0 Å². The molecule has 2 N–H and O–H groups in total. The average molecular weight is 240 g/mol. The Morgan fingerprint density at radius 3 is 2.60 bits per heavy atom. The van der Waals surface area contributed by atoms with Gasteiger partial charge in [-0.15, -0.1) is 0 Å². The highest BCUT2D eigenvalue weighted by Crippen LogP contribution is 2.30. The highest BCUT2D eigenvalue weighted by Gasteiger charge is 2.51. The van der Waals surface area contributed by atoms with E-state index in [1.54, 1.807) is 0 Å². The molecule has 2 aliphatic rings. The molecule has 0 aliphatic carbocycles. The summed E-state index contributed by atoms with van der Waals surface area (Å²) in [6.45, 7) is 0.118. The Bertz CT molecular complexity index is 323. The maximum absolute atomic E-state index is 10.9. The lowest BCUT2D eigenvalue weighted by Crippen LogP contribution is -2.55. The molecule has 0 radical (unpaired) electrons. The summed E-state index contributed by atoms with van der Waals surface area (Å²) >= 11 is 0. The van der Waals surface area contributed by atoms with Crippen LogP contribution in [-0.2, 0) is 23.8 Å². The van der Waals surface area contributed by atoms with Crippen molar-refractivity contribution < 1.29 is 32.3 Å². The third-order valence-corrected chi connectivity index (χ3v) is 2.92. The molecule has 8 heteroatoms. The summed E-state index contributed by atoms with van der Waals surface area (Å²) in [5.74, 6) is 0. The number of aliphatic hydroxyl groups excluding tert-OH is 2. The summed E-state index contributed by atoms with van der Waals surface area (Å²) in [6.07, 6.45) is -4.48. The van der Waals surface area contributed by atoms with Crippen molar-refractivity contribution in [1.29, 1.82) is 0 Å². The fourth-order valence-electron chi connectivity index (χ4n) is 1.68. The lowest BCUT2D eigenvalue weighted by molar-refractivity contribution is -0.221. The Morgan fingerprint density at radius 2 is 2.00 bits per heavy atom. The maximum Gasteiger partial charge on any atom is 0.264 e. The van der Waals surface area contributed by atoms with Gasteiger partial charge in [-0.2, -0.15) is 8.42 Å². The molecule has 2 rings (SSSR count). The number of fused-ring (bicyclic) bond motifs is 2. The van der Waals surface area contributed by atoms with Gasteiger partial charge in [-0.3, -0.25) is 4.18 Å². The zero-order valence-electron chi connectivity index (χ0n) is 7.94. The van der Waals surface area contributed by atoms with Crippen LogP contribution >= 0.6 is 0 Å². The third-order valence-electron chi connectivity index (χ3n) is 2.35. The maximum atomic E-state index is 10.9.